The summed E-state index contributed by atoms with van der Waals surface area (Å²) in [5.74, 6) is 0.189. The molecule has 0 radical (unpaired) electrons. The normalized spacial score (nSPS) is 14.2. The average Bonchev–Trinajstić information content (AvgIpc) is 3.10. The molecule has 168 valence electrons. The van der Waals surface area contributed by atoms with E-state index < -0.39 is 11.9 Å². The van der Waals surface area contributed by atoms with Crippen LogP contribution in [-0.2, 0) is 19.1 Å². The lowest BCUT2D eigenvalue weighted by molar-refractivity contribution is -0.145. The van der Waals surface area contributed by atoms with Gasteiger partial charge in [0, 0.05) is 9.13 Å². The van der Waals surface area contributed by atoms with Gasteiger partial charge in [-0.05, 0) is 113 Å². The summed E-state index contributed by atoms with van der Waals surface area (Å²) >= 11 is 4.34. The topological polar surface area (TPSA) is 83.4 Å². The monoisotopic (exact) mass is 661 g/mol. The highest BCUT2D eigenvalue weighted by Crippen LogP contribution is 2.35. The maximum Gasteiger partial charge on any atom is 0.363 e. The summed E-state index contributed by atoms with van der Waals surface area (Å²) < 4.78 is 23.4. The molecule has 1 aliphatic rings. The number of esters is 2. The molecule has 3 rings (SSSR count). The third-order valence-corrected chi connectivity index (χ3v) is 6.31. The fraction of sp³-hybridized carbons (Fsp3) is 0.261. The highest BCUT2D eigenvalue weighted by Gasteiger charge is 2.25. The van der Waals surface area contributed by atoms with Gasteiger partial charge in [-0.15, -0.1) is 0 Å². The van der Waals surface area contributed by atoms with Crippen LogP contribution < -0.4 is 9.47 Å². The molecule has 0 saturated carbocycles. The van der Waals surface area contributed by atoms with Crippen molar-refractivity contribution in [1.82, 2.24) is 0 Å². The molecule has 0 fully saturated rings. The van der Waals surface area contributed by atoms with E-state index in [0.717, 1.165) is 14.7 Å². The Bertz CT molecular complexity index is 1110. The zero-order valence-corrected chi connectivity index (χ0v) is 22.1. The summed E-state index contributed by atoms with van der Waals surface area (Å²) in [6.07, 6.45) is 1.63. The summed E-state index contributed by atoms with van der Waals surface area (Å²) in [6.45, 7) is 6.03. The Morgan fingerprint density at radius 2 is 1.88 bits per heavy atom. The lowest BCUT2D eigenvalue weighted by atomic mass is 10.1. The summed E-state index contributed by atoms with van der Waals surface area (Å²) in [7, 11) is 0. The highest BCUT2D eigenvalue weighted by molar-refractivity contribution is 14.1. The molecule has 0 bridgehead atoms. The SMILES string of the molecule is CCOC(=O)COc1c(I)cc(/C=C2\N=C(c3ccc(I)c(C)c3)OC2=O)cc1OCC. The minimum atomic E-state index is -0.521. The van der Waals surface area contributed by atoms with Crippen molar-refractivity contribution in [2.75, 3.05) is 19.8 Å². The second kappa shape index (κ2) is 11.1. The van der Waals surface area contributed by atoms with Crippen LogP contribution in [0.3, 0.4) is 0 Å². The van der Waals surface area contributed by atoms with E-state index in [1.807, 2.05) is 38.1 Å². The predicted molar refractivity (Wildman–Crippen MR) is 137 cm³/mol. The van der Waals surface area contributed by atoms with Crippen LogP contribution in [0.15, 0.2) is 41.0 Å². The van der Waals surface area contributed by atoms with Crippen molar-refractivity contribution in [1.29, 1.82) is 0 Å². The van der Waals surface area contributed by atoms with E-state index in [-0.39, 0.29) is 24.8 Å². The first-order valence-corrected chi connectivity index (χ1v) is 12.0. The first-order chi connectivity index (χ1) is 15.3. The van der Waals surface area contributed by atoms with Crippen LogP contribution >= 0.6 is 45.2 Å². The summed E-state index contributed by atoms with van der Waals surface area (Å²) in [6, 6.07) is 9.30. The summed E-state index contributed by atoms with van der Waals surface area (Å²) in [5.41, 5.74) is 2.70. The molecule has 0 aromatic heterocycles. The molecule has 9 heteroatoms. The standard InChI is InChI=1S/C23H21I2NO6/c1-4-29-19-11-14(9-17(25)21(19)31-12-20(27)30-5-2)10-18-23(28)32-22(26-18)15-6-7-16(24)13(3)8-15/h6-11H,4-5,12H2,1-3H3/b18-10-. The zero-order valence-electron chi connectivity index (χ0n) is 17.7. The van der Waals surface area contributed by atoms with Gasteiger partial charge in [0.15, 0.2) is 23.8 Å². The van der Waals surface area contributed by atoms with Gasteiger partial charge >= 0.3 is 11.9 Å². The summed E-state index contributed by atoms with van der Waals surface area (Å²) in [5, 5.41) is 0. The molecular weight excluding hydrogens is 640 g/mol. The van der Waals surface area contributed by atoms with E-state index >= 15 is 0 Å². The molecule has 0 saturated heterocycles. The third kappa shape index (κ3) is 6.00. The Morgan fingerprint density at radius 1 is 1.09 bits per heavy atom. The minimum Gasteiger partial charge on any atom is -0.490 e. The second-order valence-electron chi connectivity index (χ2n) is 6.66. The van der Waals surface area contributed by atoms with E-state index in [1.165, 1.54) is 0 Å². The number of nitrogens with zero attached hydrogens (tertiary/aromatic N) is 1. The van der Waals surface area contributed by atoms with E-state index in [4.69, 9.17) is 18.9 Å². The first-order valence-electron chi connectivity index (χ1n) is 9.86. The Labute approximate surface area is 213 Å². The number of hydrogen-bond donors (Lipinski definition) is 0. The molecule has 32 heavy (non-hydrogen) atoms. The van der Waals surface area contributed by atoms with Crippen molar-refractivity contribution < 1.29 is 28.5 Å². The van der Waals surface area contributed by atoms with Crippen molar-refractivity contribution in [2.45, 2.75) is 20.8 Å². The number of aryl methyl sites for hydroxylation is 1. The van der Waals surface area contributed by atoms with Gasteiger partial charge in [-0.3, -0.25) is 0 Å². The lowest BCUT2D eigenvalue weighted by Crippen LogP contribution is -2.15. The van der Waals surface area contributed by atoms with Crippen molar-refractivity contribution in [3.05, 3.63) is 59.9 Å². The average molecular weight is 661 g/mol. The molecule has 0 spiro atoms. The van der Waals surface area contributed by atoms with Crippen molar-refractivity contribution in [2.24, 2.45) is 4.99 Å². The van der Waals surface area contributed by atoms with Crippen LogP contribution in [0.5, 0.6) is 11.5 Å². The molecule has 2 aromatic carbocycles. The number of hydrogen-bond acceptors (Lipinski definition) is 7. The number of benzene rings is 2. The number of cyclic esters (lactones) is 1. The molecule has 0 amide bonds. The Morgan fingerprint density at radius 3 is 2.56 bits per heavy atom. The smallest absolute Gasteiger partial charge is 0.363 e. The quantitative estimate of drug-likeness (QED) is 0.228. The number of rotatable bonds is 8. The van der Waals surface area contributed by atoms with Crippen LogP contribution in [0.4, 0.5) is 0 Å². The fourth-order valence-corrected chi connectivity index (χ4v) is 3.99. The van der Waals surface area contributed by atoms with Crippen LogP contribution in [0.2, 0.25) is 0 Å². The minimum absolute atomic E-state index is 0.189. The van der Waals surface area contributed by atoms with Crippen LogP contribution in [-0.4, -0.2) is 37.7 Å². The van der Waals surface area contributed by atoms with E-state index in [9.17, 15) is 9.59 Å². The van der Waals surface area contributed by atoms with Gasteiger partial charge < -0.3 is 18.9 Å². The molecule has 0 aliphatic carbocycles. The van der Waals surface area contributed by atoms with Gasteiger partial charge in [0.25, 0.3) is 0 Å². The third-order valence-electron chi connectivity index (χ3n) is 4.30. The van der Waals surface area contributed by atoms with Gasteiger partial charge in [-0.2, -0.15) is 0 Å². The van der Waals surface area contributed by atoms with E-state index in [1.54, 1.807) is 19.1 Å². The summed E-state index contributed by atoms with van der Waals surface area (Å²) in [4.78, 5) is 28.4. The maximum absolute atomic E-state index is 12.4. The van der Waals surface area contributed by atoms with Gasteiger partial charge in [-0.25, -0.2) is 14.6 Å². The number of carbonyl (C=O) groups is 2. The van der Waals surface area contributed by atoms with Gasteiger partial charge in [0.05, 0.1) is 16.8 Å². The second-order valence-corrected chi connectivity index (χ2v) is 8.98. The zero-order chi connectivity index (χ0) is 23.3. The Kier molecular flexibility index (Phi) is 8.51. The molecule has 2 aromatic rings. The van der Waals surface area contributed by atoms with Gasteiger partial charge in [-0.1, -0.05) is 0 Å². The largest absolute Gasteiger partial charge is 0.490 e. The molecule has 0 N–H and O–H groups in total. The lowest BCUT2D eigenvalue weighted by Gasteiger charge is -2.14. The number of aliphatic imine (C=N–C) groups is 1. The maximum atomic E-state index is 12.4. The Balaban J connectivity index is 1.89. The van der Waals surface area contributed by atoms with Crippen LogP contribution in [0, 0.1) is 14.1 Å². The highest BCUT2D eigenvalue weighted by atomic mass is 127. The molecule has 1 aliphatic heterocycles. The fourth-order valence-electron chi connectivity index (χ4n) is 2.88. The van der Waals surface area contributed by atoms with Crippen LogP contribution in [0.1, 0.15) is 30.5 Å². The molecule has 7 nitrogen and oxygen atoms in total. The molecule has 0 unspecified atom stereocenters. The van der Waals surface area contributed by atoms with Crippen LogP contribution in [0.25, 0.3) is 6.08 Å². The molecular formula is C23H21I2NO6. The number of carbonyl (C=O) groups excluding carboxylic acids is 2. The van der Waals surface area contributed by atoms with Gasteiger partial charge in [0.2, 0.25) is 5.90 Å². The number of halogens is 2. The number of ether oxygens (including phenoxy) is 4. The van der Waals surface area contributed by atoms with E-state index in [2.05, 4.69) is 50.2 Å². The molecule has 0 atom stereocenters. The van der Waals surface area contributed by atoms with Gasteiger partial charge in [0.1, 0.15) is 0 Å². The van der Waals surface area contributed by atoms with E-state index in [0.29, 0.717) is 27.2 Å². The first kappa shape index (κ1) is 24.5. The van der Waals surface area contributed by atoms with Crippen molar-refractivity contribution >= 4 is 69.1 Å². The predicted octanol–water partition coefficient (Wildman–Crippen LogP) is 4.89. The van der Waals surface area contributed by atoms with Crippen molar-refractivity contribution in [3.8, 4) is 11.5 Å². The molecule has 1 heterocycles. The van der Waals surface area contributed by atoms with Crippen molar-refractivity contribution in [3.63, 3.8) is 0 Å². The Hall–Kier alpha value is -2.15.